The van der Waals surface area contributed by atoms with Crippen molar-refractivity contribution in [1.29, 1.82) is 0 Å². The van der Waals surface area contributed by atoms with E-state index < -0.39 is 28.3 Å². The predicted molar refractivity (Wildman–Crippen MR) is 125 cm³/mol. The van der Waals surface area contributed by atoms with Gasteiger partial charge in [-0.25, -0.2) is 8.42 Å². The second-order valence-electron chi connectivity index (χ2n) is 7.91. The lowest BCUT2D eigenvalue weighted by Crippen LogP contribution is -2.13. The first-order valence-corrected chi connectivity index (χ1v) is 12.7. The van der Waals surface area contributed by atoms with Crippen LogP contribution in [0.4, 0.5) is 0 Å². The molecule has 2 atom stereocenters. The second-order valence-corrected chi connectivity index (χ2v) is 9.99. The Hall–Kier alpha value is -2.69. The van der Waals surface area contributed by atoms with Crippen LogP contribution in [0, 0.1) is 0 Å². The first-order valence-electron chi connectivity index (χ1n) is 11.1. The molecule has 10 heteroatoms. The normalized spacial score (nSPS) is 18.0. The van der Waals surface area contributed by atoms with Crippen molar-refractivity contribution in [1.82, 2.24) is 0 Å². The largest absolute Gasteiger partial charge is 0.504 e. The molecule has 0 unspecified atom stereocenters. The van der Waals surface area contributed by atoms with Crippen LogP contribution in [0.15, 0.2) is 29.2 Å². The number of hydrogen-bond acceptors (Lipinski definition) is 9. The maximum absolute atomic E-state index is 12.8. The third kappa shape index (κ3) is 5.34. The van der Waals surface area contributed by atoms with E-state index in [9.17, 15) is 18.6 Å². The first kappa shape index (κ1) is 25.9. The highest BCUT2D eigenvalue weighted by molar-refractivity contribution is 7.91. The van der Waals surface area contributed by atoms with Gasteiger partial charge in [-0.3, -0.25) is 0 Å². The van der Waals surface area contributed by atoms with Gasteiger partial charge in [-0.2, -0.15) is 0 Å². The Balaban J connectivity index is 1.95. The van der Waals surface area contributed by atoms with Gasteiger partial charge in [0.15, 0.2) is 32.8 Å². The zero-order valence-electron chi connectivity index (χ0n) is 19.9. The molecular weight excluding hydrogens is 464 g/mol. The zero-order valence-corrected chi connectivity index (χ0v) is 20.7. The summed E-state index contributed by atoms with van der Waals surface area (Å²) in [5, 5.41) is 19.8. The number of phenols is 1. The molecule has 0 amide bonds. The van der Waals surface area contributed by atoms with Crippen molar-refractivity contribution in [2.24, 2.45) is 0 Å². The molecule has 9 nitrogen and oxygen atoms in total. The van der Waals surface area contributed by atoms with Crippen molar-refractivity contribution >= 4 is 9.84 Å². The SMILES string of the molecule is CCCOc1c(O)cc([C@@H]2CC[C@@H](c3cc(OC)c(OC)c(OC)c3)O2)cc1S(=O)(=O)CCO. The van der Waals surface area contributed by atoms with E-state index in [0.29, 0.717) is 42.1 Å². The number of hydrogen-bond donors (Lipinski definition) is 2. The van der Waals surface area contributed by atoms with Crippen molar-refractivity contribution in [3.8, 4) is 28.7 Å². The average molecular weight is 497 g/mol. The molecule has 3 rings (SSSR count). The second kappa shape index (κ2) is 11.2. The van der Waals surface area contributed by atoms with E-state index in [0.717, 1.165) is 5.56 Å². The number of rotatable bonds is 11. The van der Waals surface area contributed by atoms with E-state index >= 15 is 0 Å². The van der Waals surface area contributed by atoms with Gasteiger partial charge < -0.3 is 33.9 Å². The smallest absolute Gasteiger partial charge is 0.203 e. The Morgan fingerprint density at radius 1 is 0.941 bits per heavy atom. The minimum atomic E-state index is -3.87. The third-order valence-electron chi connectivity index (χ3n) is 5.65. The quantitative estimate of drug-likeness (QED) is 0.481. The predicted octanol–water partition coefficient (Wildman–Crippen LogP) is 3.57. The third-order valence-corrected chi connectivity index (χ3v) is 7.35. The van der Waals surface area contributed by atoms with Crippen LogP contribution < -0.4 is 18.9 Å². The van der Waals surface area contributed by atoms with Crippen LogP contribution in [-0.4, -0.2) is 58.9 Å². The maximum atomic E-state index is 12.8. The fourth-order valence-electron chi connectivity index (χ4n) is 4.02. The van der Waals surface area contributed by atoms with Crippen LogP contribution in [0.2, 0.25) is 0 Å². The van der Waals surface area contributed by atoms with E-state index in [1.54, 1.807) is 14.2 Å². The molecule has 2 aromatic rings. The monoisotopic (exact) mass is 496 g/mol. The molecule has 0 aliphatic carbocycles. The van der Waals surface area contributed by atoms with E-state index in [4.69, 9.17) is 23.7 Å². The molecule has 34 heavy (non-hydrogen) atoms. The lowest BCUT2D eigenvalue weighted by molar-refractivity contribution is 0.0435. The molecule has 1 fully saturated rings. The van der Waals surface area contributed by atoms with Crippen LogP contribution in [0.5, 0.6) is 28.7 Å². The summed E-state index contributed by atoms with van der Waals surface area (Å²) in [4.78, 5) is -0.148. The molecule has 1 aliphatic heterocycles. The van der Waals surface area contributed by atoms with Crippen molar-refractivity contribution < 1.29 is 42.3 Å². The number of sulfone groups is 1. The highest BCUT2D eigenvalue weighted by Gasteiger charge is 2.32. The number of aromatic hydroxyl groups is 1. The summed E-state index contributed by atoms with van der Waals surface area (Å²) in [5.41, 5.74) is 1.35. The van der Waals surface area contributed by atoms with Gasteiger partial charge in [0.2, 0.25) is 5.75 Å². The summed E-state index contributed by atoms with van der Waals surface area (Å²) in [7, 11) is 0.738. The van der Waals surface area contributed by atoms with Crippen molar-refractivity contribution in [3.05, 3.63) is 35.4 Å². The summed E-state index contributed by atoms with van der Waals surface area (Å²) < 4.78 is 53.6. The van der Waals surface area contributed by atoms with Gasteiger partial charge in [-0.1, -0.05) is 6.92 Å². The Kier molecular flexibility index (Phi) is 8.51. The lowest BCUT2D eigenvalue weighted by Gasteiger charge is -2.20. The summed E-state index contributed by atoms with van der Waals surface area (Å²) in [6, 6.07) is 6.60. The molecule has 1 saturated heterocycles. The number of aliphatic hydroxyl groups is 1. The fraction of sp³-hybridized carbons (Fsp3) is 0.500. The fourth-order valence-corrected chi connectivity index (χ4v) is 5.24. The molecule has 0 spiro atoms. The van der Waals surface area contributed by atoms with E-state index in [1.807, 2.05) is 19.1 Å². The number of methoxy groups -OCH3 is 3. The number of ether oxygens (including phenoxy) is 5. The average Bonchev–Trinajstić information content (AvgIpc) is 3.32. The molecule has 0 saturated carbocycles. The summed E-state index contributed by atoms with van der Waals surface area (Å²) >= 11 is 0. The van der Waals surface area contributed by atoms with Crippen LogP contribution >= 0.6 is 0 Å². The summed E-state index contributed by atoms with van der Waals surface area (Å²) in [5.74, 6) is 0.653. The summed E-state index contributed by atoms with van der Waals surface area (Å²) in [6.07, 6.45) is 1.17. The van der Waals surface area contributed by atoms with Gasteiger partial charge in [-0.15, -0.1) is 0 Å². The molecule has 1 heterocycles. The Bertz CT molecular complexity index is 1070. The van der Waals surface area contributed by atoms with E-state index in [-0.39, 0.29) is 29.1 Å². The van der Waals surface area contributed by atoms with Crippen LogP contribution in [0.25, 0.3) is 0 Å². The van der Waals surface area contributed by atoms with E-state index in [2.05, 4.69) is 0 Å². The first-order chi connectivity index (χ1) is 16.3. The molecule has 2 N–H and O–H groups in total. The van der Waals surface area contributed by atoms with Crippen LogP contribution in [0.3, 0.4) is 0 Å². The molecule has 0 aromatic heterocycles. The zero-order chi connectivity index (χ0) is 24.9. The molecule has 188 valence electrons. The highest BCUT2D eigenvalue weighted by Crippen LogP contribution is 2.47. The number of benzene rings is 2. The van der Waals surface area contributed by atoms with Gasteiger partial charge in [0.1, 0.15) is 4.90 Å². The lowest BCUT2D eigenvalue weighted by atomic mass is 10.0. The van der Waals surface area contributed by atoms with Crippen LogP contribution in [0.1, 0.15) is 49.5 Å². The van der Waals surface area contributed by atoms with Crippen molar-refractivity contribution in [2.75, 3.05) is 40.3 Å². The Morgan fingerprint density at radius 2 is 1.53 bits per heavy atom. The Labute approximate surface area is 200 Å². The highest BCUT2D eigenvalue weighted by atomic mass is 32.2. The molecule has 0 radical (unpaired) electrons. The van der Waals surface area contributed by atoms with Gasteiger partial charge in [0.25, 0.3) is 0 Å². The summed E-state index contributed by atoms with van der Waals surface area (Å²) in [6.45, 7) is 1.59. The van der Waals surface area contributed by atoms with Crippen LogP contribution in [-0.2, 0) is 14.6 Å². The molecule has 1 aliphatic rings. The topological polar surface area (TPSA) is 121 Å². The standard InChI is InChI=1S/C24H32O9S/c1-5-9-32-23-17(26)11-15(14-22(23)34(27,28)10-8-25)18-6-7-19(33-18)16-12-20(29-2)24(31-4)21(13-16)30-3/h11-14,18-19,25-26H,5-10H2,1-4H3/t18-,19-/m0/s1. The van der Waals surface area contributed by atoms with Gasteiger partial charge in [0, 0.05) is 0 Å². The minimum Gasteiger partial charge on any atom is -0.504 e. The number of aliphatic hydroxyl groups excluding tert-OH is 1. The van der Waals surface area contributed by atoms with Gasteiger partial charge in [-0.05, 0) is 54.7 Å². The van der Waals surface area contributed by atoms with Crippen molar-refractivity contribution in [3.63, 3.8) is 0 Å². The maximum Gasteiger partial charge on any atom is 0.203 e. The van der Waals surface area contributed by atoms with Gasteiger partial charge >= 0.3 is 0 Å². The van der Waals surface area contributed by atoms with Crippen molar-refractivity contribution in [2.45, 2.75) is 43.3 Å². The Morgan fingerprint density at radius 3 is 2.03 bits per heavy atom. The number of phenolic OH excluding ortho intramolecular Hbond substituents is 1. The minimum absolute atomic E-state index is 0.0989. The molecular formula is C24H32O9S. The molecule has 2 aromatic carbocycles. The van der Waals surface area contributed by atoms with Gasteiger partial charge in [0.05, 0.1) is 52.5 Å². The molecule has 0 bridgehead atoms. The van der Waals surface area contributed by atoms with E-state index in [1.165, 1.54) is 19.2 Å².